The smallest absolute Gasteiger partial charge is 0.274 e. The van der Waals surface area contributed by atoms with Crippen molar-refractivity contribution >= 4 is 23.2 Å². The van der Waals surface area contributed by atoms with Crippen LogP contribution in [0.1, 0.15) is 67.8 Å². The Hall–Kier alpha value is -2.22. The van der Waals surface area contributed by atoms with Crippen molar-refractivity contribution in [1.82, 2.24) is 25.4 Å². The van der Waals surface area contributed by atoms with E-state index in [0.29, 0.717) is 23.7 Å². The number of piperidine rings is 1. The first-order valence-corrected chi connectivity index (χ1v) is 10.9. The number of amides is 2. The molecule has 1 fully saturated rings. The molecule has 0 radical (unpaired) electrons. The number of aryl methyl sites for hydroxylation is 3. The zero-order chi connectivity index (χ0) is 19.7. The van der Waals surface area contributed by atoms with E-state index in [1.165, 1.54) is 11.3 Å². The van der Waals surface area contributed by atoms with Gasteiger partial charge in [0.25, 0.3) is 11.8 Å². The SMILES string of the molecule is Cc1nc(C)c(C(=O)NC[C@H]2CCCN(C(=O)c3n[nH]c4c3CCCC4)C2)s1. The highest BCUT2D eigenvalue weighted by Gasteiger charge is 2.29. The van der Waals surface area contributed by atoms with Gasteiger partial charge in [-0.1, -0.05) is 0 Å². The van der Waals surface area contributed by atoms with Gasteiger partial charge in [-0.2, -0.15) is 5.10 Å². The lowest BCUT2D eigenvalue weighted by atomic mass is 9.94. The molecule has 2 aromatic heterocycles. The molecular weight excluding hydrogens is 374 g/mol. The van der Waals surface area contributed by atoms with Gasteiger partial charge in [-0.25, -0.2) is 4.98 Å². The van der Waals surface area contributed by atoms with E-state index in [1.807, 2.05) is 18.7 Å². The second kappa shape index (κ2) is 8.03. The summed E-state index contributed by atoms with van der Waals surface area (Å²) in [6.45, 7) is 5.79. The predicted molar refractivity (Wildman–Crippen MR) is 108 cm³/mol. The molecule has 2 aromatic rings. The first-order valence-electron chi connectivity index (χ1n) is 10.1. The molecule has 2 N–H and O–H groups in total. The maximum absolute atomic E-state index is 13.0. The van der Waals surface area contributed by atoms with Crippen LogP contribution in [0.15, 0.2) is 0 Å². The van der Waals surface area contributed by atoms with Crippen molar-refractivity contribution in [2.24, 2.45) is 5.92 Å². The molecule has 7 nitrogen and oxygen atoms in total. The van der Waals surface area contributed by atoms with Crippen LogP contribution >= 0.6 is 11.3 Å². The van der Waals surface area contributed by atoms with Crippen molar-refractivity contribution in [3.05, 3.63) is 32.5 Å². The van der Waals surface area contributed by atoms with Crippen LogP contribution in [0.4, 0.5) is 0 Å². The van der Waals surface area contributed by atoms with Gasteiger partial charge in [0.15, 0.2) is 5.69 Å². The zero-order valence-electron chi connectivity index (χ0n) is 16.5. The average Bonchev–Trinajstić information content (AvgIpc) is 3.28. The Morgan fingerprint density at radius 1 is 1.25 bits per heavy atom. The number of nitrogens with zero attached hydrogens (tertiary/aromatic N) is 3. The predicted octanol–water partition coefficient (Wildman–Crippen LogP) is 2.64. The van der Waals surface area contributed by atoms with Crippen LogP contribution in [0.25, 0.3) is 0 Å². The van der Waals surface area contributed by atoms with Gasteiger partial charge in [-0.3, -0.25) is 14.7 Å². The van der Waals surface area contributed by atoms with Crippen LogP contribution in [0, 0.1) is 19.8 Å². The summed E-state index contributed by atoms with van der Waals surface area (Å²) in [5.41, 5.74) is 3.63. The fourth-order valence-corrected chi connectivity index (χ4v) is 5.12. The van der Waals surface area contributed by atoms with Gasteiger partial charge in [0, 0.05) is 30.9 Å². The highest BCUT2D eigenvalue weighted by atomic mass is 32.1. The van der Waals surface area contributed by atoms with E-state index in [4.69, 9.17) is 0 Å². The van der Waals surface area contributed by atoms with Crippen LogP contribution in [0.5, 0.6) is 0 Å². The largest absolute Gasteiger partial charge is 0.351 e. The number of fused-ring (bicyclic) bond motifs is 1. The molecule has 150 valence electrons. The Bertz CT molecular complexity index is 887. The minimum absolute atomic E-state index is 0.0318. The summed E-state index contributed by atoms with van der Waals surface area (Å²) in [6.07, 6.45) is 6.18. The quantitative estimate of drug-likeness (QED) is 0.824. The number of likely N-dealkylation sites (tertiary alicyclic amines) is 1. The van der Waals surface area contributed by atoms with Crippen molar-refractivity contribution in [2.45, 2.75) is 52.4 Å². The first-order chi connectivity index (χ1) is 13.5. The summed E-state index contributed by atoms with van der Waals surface area (Å²) in [5.74, 6) is 0.239. The highest BCUT2D eigenvalue weighted by Crippen LogP contribution is 2.25. The third kappa shape index (κ3) is 3.83. The average molecular weight is 402 g/mol. The molecule has 0 bridgehead atoms. The molecule has 4 rings (SSSR count). The number of hydrogen-bond acceptors (Lipinski definition) is 5. The van der Waals surface area contributed by atoms with Gasteiger partial charge in [-0.05, 0) is 58.3 Å². The van der Waals surface area contributed by atoms with Crippen LogP contribution < -0.4 is 5.32 Å². The monoisotopic (exact) mass is 401 g/mol. The van der Waals surface area contributed by atoms with Gasteiger partial charge in [0.1, 0.15) is 4.88 Å². The molecule has 2 aliphatic rings. The molecule has 0 unspecified atom stereocenters. The Morgan fingerprint density at radius 3 is 2.86 bits per heavy atom. The van der Waals surface area contributed by atoms with Gasteiger partial charge in [0.05, 0.1) is 10.7 Å². The molecular formula is C20H27N5O2S. The molecule has 0 aromatic carbocycles. The molecule has 3 heterocycles. The molecule has 1 atom stereocenters. The first kappa shape index (κ1) is 19.1. The third-order valence-electron chi connectivity index (χ3n) is 5.73. The standard InChI is InChI=1S/C20H27N5O2S/c1-12-18(28-13(2)22-12)19(26)21-10-14-6-5-9-25(11-14)20(27)17-15-7-3-4-8-16(15)23-24-17/h14H,3-11H2,1-2H3,(H,21,26)(H,23,24)/t14-/m1/s1. The summed E-state index contributed by atoms with van der Waals surface area (Å²) in [7, 11) is 0. The number of carbonyl (C=O) groups is 2. The molecule has 0 saturated carbocycles. The van der Waals surface area contributed by atoms with Crippen molar-refractivity contribution in [2.75, 3.05) is 19.6 Å². The molecule has 8 heteroatoms. The van der Waals surface area contributed by atoms with Gasteiger partial charge >= 0.3 is 0 Å². The van der Waals surface area contributed by atoms with E-state index >= 15 is 0 Å². The fraction of sp³-hybridized carbons (Fsp3) is 0.600. The van der Waals surface area contributed by atoms with Crippen molar-refractivity contribution < 1.29 is 9.59 Å². The Labute approximate surface area is 168 Å². The van der Waals surface area contributed by atoms with Crippen LogP contribution in [-0.4, -0.2) is 51.5 Å². The number of aromatic nitrogens is 3. The topological polar surface area (TPSA) is 91.0 Å². The van der Waals surface area contributed by atoms with Gasteiger partial charge in [-0.15, -0.1) is 11.3 Å². The normalized spacial score (nSPS) is 19.4. The highest BCUT2D eigenvalue weighted by molar-refractivity contribution is 7.13. The Balaban J connectivity index is 1.36. The number of aromatic amines is 1. The van der Waals surface area contributed by atoms with Crippen molar-refractivity contribution in [1.29, 1.82) is 0 Å². The number of nitrogens with one attached hydrogen (secondary N) is 2. The van der Waals surface area contributed by atoms with E-state index in [0.717, 1.165) is 67.0 Å². The lowest BCUT2D eigenvalue weighted by Crippen LogP contribution is -2.44. The lowest BCUT2D eigenvalue weighted by Gasteiger charge is -2.32. The Morgan fingerprint density at radius 2 is 2.07 bits per heavy atom. The van der Waals surface area contributed by atoms with Crippen LogP contribution in [-0.2, 0) is 12.8 Å². The molecule has 28 heavy (non-hydrogen) atoms. The number of hydrogen-bond donors (Lipinski definition) is 2. The minimum Gasteiger partial charge on any atom is -0.351 e. The summed E-state index contributed by atoms with van der Waals surface area (Å²) in [5, 5.41) is 11.3. The van der Waals surface area contributed by atoms with E-state index in [-0.39, 0.29) is 17.7 Å². The molecule has 1 aliphatic heterocycles. The zero-order valence-corrected chi connectivity index (χ0v) is 17.3. The van der Waals surface area contributed by atoms with Crippen molar-refractivity contribution in [3.63, 3.8) is 0 Å². The maximum atomic E-state index is 13.0. The summed E-state index contributed by atoms with van der Waals surface area (Å²) in [4.78, 5) is 32.4. The van der Waals surface area contributed by atoms with Gasteiger partial charge in [0.2, 0.25) is 0 Å². The summed E-state index contributed by atoms with van der Waals surface area (Å²) in [6, 6.07) is 0. The van der Waals surface area contributed by atoms with Gasteiger partial charge < -0.3 is 10.2 Å². The molecule has 1 aliphatic carbocycles. The Kier molecular flexibility index (Phi) is 5.48. The lowest BCUT2D eigenvalue weighted by molar-refractivity contribution is 0.0664. The summed E-state index contributed by atoms with van der Waals surface area (Å²) >= 11 is 1.43. The minimum atomic E-state index is -0.0621. The van der Waals surface area contributed by atoms with E-state index in [2.05, 4.69) is 20.5 Å². The van der Waals surface area contributed by atoms with Crippen LogP contribution in [0.2, 0.25) is 0 Å². The number of carbonyl (C=O) groups excluding carboxylic acids is 2. The van der Waals surface area contributed by atoms with E-state index in [1.54, 1.807) is 0 Å². The van der Waals surface area contributed by atoms with E-state index < -0.39 is 0 Å². The molecule has 1 saturated heterocycles. The molecule has 0 spiro atoms. The third-order valence-corrected chi connectivity index (χ3v) is 6.80. The molecule has 2 amide bonds. The number of rotatable bonds is 4. The maximum Gasteiger partial charge on any atom is 0.274 e. The second-order valence-corrected chi connectivity index (χ2v) is 9.06. The van der Waals surface area contributed by atoms with Crippen molar-refractivity contribution in [3.8, 4) is 0 Å². The van der Waals surface area contributed by atoms with Crippen LogP contribution in [0.3, 0.4) is 0 Å². The fourth-order valence-electron chi connectivity index (χ4n) is 4.28. The number of thiazole rings is 1. The number of H-pyrrole nitrogens is 1. The van der Waals surface area contributed by atoms with E-state index in [9.17, 15) is 9.59 Å². The second-order valence-electron chi connectivity index (χ2n) is 7.85. The summed E-state index contributed by atoms with van der Waals surface area (Å²) < 4.78 is 0.